The van der Waals surface area contributed by atoms with Crippen molar-refractivity contribution in [1.82, 2.24) is 0 Å². The Hall–Kier alpha value is -0.590. The van der Waals surface area contributed by atoms with Crippen molar-refractivity contribution in [3.63, 3.8) is 0 Å². The van der Waals surface area contributed by atoms with Crippen LogP contribution in [0.15, 0.2) is 0 Å². The van der Waals surface area contributed by atoms with Crippen molar-refractivity contribution in [3.05, 3.63) is 0 Å². The molecule has 0 aromatic heterocycles. The van der Waals surface area contributed by atoms with E-state index < -0.39 is 5.54 Å². The smallest absolute Gasteiger partial charge is 0.101 e. The van der Waals surface area contributed by atoms with E-state index >= 15 is 0 Å². The zero-order valence-corrected chi connectivity index (χ0v) is 9.67. The molecule has 2 N–H and O–H groups in total. The van der Waals surface area contributed by atoms with Gasteiger partial charge >= 0.3 is 0 Å². The molecule has 3 nitrogen and oxygen atoms in total. The van der Waals surface area contributed by atoms with Gasteiger partial charge < -0.3 is 10.5 Å². The lowest BCUT2D eigenvalue weighted by atomic mass is 9.97. The van der Waals surface area contributed by atoms with Crippen molar-refractivity contribution < 1.29 is 4.74 Å². The van der Waals surface area contributed by atoms with E-state index in [-0.39, 0.29) is 0 Å². The van der Waals surface area contributed by atoms with E-state index in [9.17, 15) is 0 Å². The fourth-order valence-electron chi connectivity index (χ4n) is 1.98. The third kappa shape index (κ3) is 5.15. The molecule has 1 aliphatic carbocycles. The summed E-state index contributed by atoms with van der Waals surface area (Å²) in [4.78, 5) is 0. The second-order valence-corrected chi connectivity index (χ2v) is 4.76. The minimum Gasteiger partial charge on any atom is -0.378 e. The Bertz CT molecular complexity index is 214. The minimum atomic E-state index is -0.685. The number of hydrogen-bond acceptors (Lipinski definition) is 3. The Morgan fingerprint density at radius 1 is 1.40 bits per heavy atom. The summed E-state index contributed by atoms with van der Waals surface area (Å²) >= 11 is 0. The van der Waals surface area contributed by atoms with Crippen LogP contribution < -0.4 is 5.73 Å². The predicted molar refractivity (Wildman–Crippen MR) is 60.3 cm³/mol. The molecule has 0 aliphatic heterocycles. The highest BCUT2D eigenvalue weighted by Crippen LogP contribution is 2.20. The molecule has 0 spiro atoms. The fourth-order valence-corrected chi connectivity index (χ4v) is 1.98. The van der Waals surface area contributed by atoms with Gasteiger partial charge in [-0.1, -0.05) is 19.3 Å². The largest absolute Gasteiger partial charge is 0.378 e. The Morgan fingerprint density at radius 2 is 2.07 bits per heavy atom. The van der Waals surface area contributed by atoms with E-state index in [1.807, 2.05) is 0 Å². The van der Waals surface area contributed by atoms with Gasteiger partial charge in [0.15, 0.2) is 0 Å². The summed E-state index contributed by atoms with van der Waals surface area (Å²) in [6.07, 6.45) is 8.44. The first kappa shape index (κ1) is 12.5. The van der Waals surface area contributed by atoms with Crippen LogP contribution in [-0.2, 0) is 4.74 Å². The second kappa shape index (κ2) is 6.09. The molecule has 1 unspecified atom stereocenters. The van der Waals surface area contributed by atoms with E-state index in [2.05, 4.69) is 6.07 Å². The number of nitriles is 1. The summed E-state index contributed by atoms with van der Waals surface area (Å²) in [5.74, 6) is 0. The first-order valence-corrected chi connectivity index (χ1v) is 5.96. The van der Waals surface area contributed by atoms with Gasteiger partial charge in [-0.15, -0.1) is 0 Å². The Balaban J connectivity index is 2.04. The maximum atomic E-state index is 8.73. The Labute approximate surface area is 92.6 Å². The minimum absolute atomic E-state index is 0.463. The molecule has 1 fully saturated rings. The van der Waals surface area contributed by atoms with Crippen LogP contribution in [0.1, 0.15) is 51.9 Å². The molecule has 0 amide bonds. The average molecular weight is 210 g/mol. The number of nitrogens with two attached hydrogens (primary N) is 1. The molecule has 3 heteroatoms. The average Bonchev–Trinajstić information content (AvgIpc) is 2.26. The van der Waals surface area contributed by atoms with Gasteiger partial charge in [0.1, 0.15) is 5.54 Å². The highest BCUT2D eigenvalue weighted by atomic mass is 16.5. The van der Waals surface area contributed by atoms with Crippen molar-refractivity contribution in [1.29, 1.82) is 5.26 Å². The standard InChI is InChI=1S/C12H22N2O/c1-12(14,10-13)8-5-9-15-11-6-3-2-4-7-11/h11H,2-9,14H2,1H3. The van der Waals surface area contributed by atoms with Crippen LogP contribution in [0, 0.1) is 11.3 Å². The molecule has 1 atom stereocenters. The van der Waals surface area contributed by atoms with E-state index in [0.717, 1.165) is 19.4 Å². The lowest BCUT2D eigenvalue weighted by molar-refractivity contribution is 0.0253. The van der Waals surface area contributed by atoms with Gasteiger partial charge in [-0.25, -0.2) is 0 Å². The maximum Gasteiger partial charge on any atom is 0.101 e. The monoisotopic (exact) mass is 210 g/mol. The molecular weight excluding hydrogens is 188 g/mol. The Kier molecular flexibility index (Phi) is 5.07. The third-order valence-electron chi connectivity index (χ3n) is 3.00. The molecule has 15 heavy (non-hydrogen) atoms. The first-order valence-electron chi connectivity index (χ1n) is 5.96. The van der Waals surface area contributed by atoms with Crippen LogP contribution in [0.25, 0.3) is 0 Å². The molecule has 0 radical (unpaired) electrons. The lowest BCUT2D eigenvalue weighted by Gasteiger charge is -2.22. The van der Waals surface area contributed by atoms with Crippen LogP contribution in [0.5, 0.6) is 0 Å². The summed E-state index contributed by atoms with van der Waals surface area (Å²) in [5.41, 5.74) is 5.03. The van der Waals surface area contributed by atoms with Crippen molar-refractivity contribution in [2.75, 3.05) is 6.61 Å². The summed E-state index contributed by atoms with van der Waals surface area (Å²) < 4.78 is 5.76. The molecule has 0 aromatic rings. The van der Waals surface area contributed by atoms with Gasteiger partial charge in [0.2, 0.25) is 0 Å². The van der Waals surface area contributed by atoms with Crippen LogP contribution in [-0.4, -0.2) is 18.2 Å². The topological polar surface area (TPSA) is 59.0 Å². The normalized spacial score (nSPS) is 21.9. The lowest BCUT2D eigenvalue weighted by Crippen LogP contribution is -2.34. The molecular formula is C12H22N2O. The summed E-state index contributed by atoms with van der Waals surface area (Å²) in [6, 6.07) is 2.10. The molecule has 1 saturated carbocycles. The SMILES string of the molecule is CC(N)(C#N)CCCOC1CCCCC1. The van der Waals surface area contributed by atoms with Crippen LogP contribution >= 0.6 is 0 Å². The van der Waals surface area contributed by atoms with Crippen LogP contribution in [0.2, 0.25) is 0 Å². The maximum absolute atomic E-state index is 8.73. The molecule has 0 saturated heterocycles. The molecule has 0 bridgehead atoms. The first-order chi connectivity index (χ1) is 7.14. The zero-order valence-electron chi connectivity index (χ0n) is 9.67. The number of ether oxygens (including phenoxy) is 1. The summed E-state index contributed by atoms with van der Waals surface area (Å²) in [7, 11) is 0. The van der Waals surface area contributed by atoms with Crippen molar-refractivity contribution in [2.45, 2.75) is 63.5 Å². The number of rotatable bonds is 5. The van der Waals surface area contributed by atoms with E-state index in [0.29, 0.717) is 6.10 Å². The highest BCUT2D eigenvalue weighted by molar-refractivity contribution is 5.00. The van der Waals surface area contributed by atoms with Crippen molar-refractivity contribution in [3.8, 4) is 6.07 Å². The van der Waals surface area contributed by atoms with E-state index in [1.54, 1.807) is 6.92 Å². The van der Waals surface area contributed by atoms with Gasteiger partial charge in [0.05, 0.1) is 12.2 Å². The quantitative estimate of drug-likeness (QED) is 0.709. The zero-order chi connectivity index (χ0) is 11.1. The van der Waals surface area contributed by atoms with Gasteiger partial charge in [-0.3, -0.25) is 0 Å². The number of nitrogens with zero attached hydrogens (tertiary/aromatic N) is 1. The third-order valence-corrected chi connectivity index (χ3v) is 3.00. The van der Waals surface area contributed by atoms with Gasteiger partial charge in [0.25, 0.3) is 0 Å². The molecule has 1 rings (SSSR count). The van der Waals surface area contributed by atoms with Gasteiger partial charge in [-0.05, 0) is 32.6 Å². The summed E-state index contributed by atoms with van der Waals surface area (Å²) in [5, 5.41) is 8.73. The van der Waals surface area contributed by atoms with Crippen LogP contribution in [0.3, 0.4) is 0 Å². The van der Waals surface area contributed by atoms with Crippen LogP contribution in [0.4, 0.5) is 0 Å². The van der Waals surface area contributed by atoms with Crippen molar-refractivity contribution in [2.24, 2.45) is 5.73 Å². The Morgan fingerprint density at radius 3 is 2.67 bits per heavy atom. The highest BCUT2D eigenvalue weighted by Gasteiger charge is 2.17. The van der Waals surface area contributed by atoms with Gasteiger partial charge in [-0.2, -0.15) is 5.26 Å². The number of hydrogen-bond donors (Lipinski definition) is 1. The van der Waals surface area contributed by atoms with E-state index in [1.165, 1.54) is 32.1 Å². The molecule has 0 heterocycles. The second-order valence-electron chi connectivity index (χ2n) is 4.76. The van der Waals surface area contributed by atoms with Crippen molar-refractivity contribution >= 4 is 0 Å². The fraction of sp³-hybridized carbons (Fsp3) is 0.917. The van der Waals surface area contributed by atoms with Gasteiger partial charge in [0, 0.05) is 6.61 Å². The predicted octanol–water partition coefficient (Wildman–Crippen LogP) is 2.36. The molecule has 86 valence electrons. The molecule has 1 aliphatic rings. The van der Waals surface area contributed by atoms with E-state index in [4.69, 9.17) is 15.7 Å². The molecule has 0 aromatic carbocycles. The summed E-state index contributed by atoms with van der Waals surface area (Å²) in [6.45, 7) is 2.52.